The molecule has 128 valence electrons. The number of ether oxygens (including phenoxy) is 1. The average molecular weight is 327 g/mol. The van der Waals surface area contributed by atoms with Gasteiger partial charge in [-0.15, -0.1) is 0 Å². The minimum Gasteiger partial charge on any atom is -0.376 e. The lowest BCUT2D eigenvalue weighted by molar-refractivity contribution is -0.127. The van der Waals surface area contributed by atoms with Crippen molar-refractivity contribution < 1.29 is 9.53 Å². The van der Waals surface area contributed by atoms with Gasteiger partial charge < -0.3 is 15.0 Å². The molecule has 5 nitrogen and oxygen atoms in total. The van der Waals surface area contributed by atoms with Crippen molar-refractivity contribution in [1.82, 2.24) is 9.88 Å². The van der Waals surface area contributed by atoms with Crippen LogP contribution in [0.15, 0.2) is 36.0 Å². The molecule has 4 rings (SSSR count). The Balaban J connectivity index is 1.35. The van der Waals surface area contributed by atoms with Crippen LogP contribution in [-0.2, 0) is 9.53 Å². The molecule has 5 heteroatoms. The van der Waals surface area contributed by atoms with Crippen LogP contribution < -0.4 is 5.32 Å². The molecule has 0 radical (unpaired) electrons. The fourth-order valence-electron chi connectivity index (χ4n) is 4.11. The van der Waals surface area contributed by atoms with E-state index in [1.807, 2.05) is 23.1 Å². The molecule has 2 fully saturated rings. The van der Waals surface area contributed by atoms with Crippen LogP contribution in [0.25, 0.3) is 0 Å². The second-order valence-corrected chi connectivity index (χ2v) is 7.08. The fourth-order valence-corrected chi connectivity index (χ4v) is 4.11. The van der Waals surface area contributed by atoms with E-state index in [0.29, 0.717) is 11.8 Å². The van der Waals surface area contributed by atoms with Gasteiger partial charge in [-0.2, -0.15) is 0 Å². The summed E-state index contributed by atoms with van der Waals surface area (Å²) >= 11 is 0. The van der Waals surface area contributed by atoms with Crippen LogP contribution in [0.1, 0.15) is 25.7 Å². The van der Waals surface area contributed by atoms with E-state index in [-0.39, 0.29) is 12.0 Å². The minimum atomic E-state index is 0.202. The van der Waals surface area contributed by atoms with E-state index in [4.69, 9.17) is 4.74 Å². The lowest BCUT2D eigenvalue weighted by Crippen LogP contribution is -2.33. The predicted octanol–water partition coefficient (Wildman–Crippen LogP) is 2.47. The summed E-state index contributed by atoms with van der Waals surface area (Å²) in [5.74, 6) is 2.02. The number of anilines is 1. The zero-order valence-electron chi connectivity index (χ0n) is 14.0. The number of rotatable bonds is 4. The molecule has 0 aromatic carbocycles. The van der Waals surface area contributed by atoms with Crippen molar-refractivity contribution in [2.24, 2.45) is 11.8 Å². The van der Waals surface area contributed by atoms with Gasteiger partial charge in [0.05, 0.1) is 12.7 Å². The van der Waals surface area contributed by atoms with E-state index in [9.17, 15) is 4.79 Å². The van der Waals surface area contributed by atoms with E-state index in [2.05, 4.69) is 16.4 Å². The Kier molecular flexibility index (Phi) is 4.52. The molecule has 0 saturated carbocycles. The fraction of sp³-hybridized carbons (Fsp3) is 0.579. The molecule has 0 bridgehead atoms. The molecule has 24 heavy (non-hydrogen) atoms. The first-order chi connectivity index (χ1) is 11.8. The lowest BCUT2D eigenvalue weighted by Gasteiger charge is -2.22. The summed E-state index contributed by atoms with van der Waals surface area (Å²) in [5, 5.41) is 3.40. The van der Waals surface area contributed by atoms with E-state index in [1.165, 1.54) is 6.42 Å². The minimum absolute atomic E-state index is 0.202. The van der Waals surface area contributed by atoms with Gasteiger partial charge >= 0.3 is 0 Å². The first kappa shape index (κ1) is 15.6. The summed E-state index contributed by atoms with van der Waals surface area (Å²) in [6.45, 7) is 3.21. The Morgan fingerprint density at radius 2 is 2.29 bits per heavy atom. The Labute approximate surface area is 143 Å². The highest BCUT2D eigenvalue weighted by atomic mass is 16.5. The van der Waals surface area contributed by atoms with Crippen molar-refractivity contribution in [3.63, 3.8) is 0 Å². The van der Waals surface area contributed by atoms with Gasteiger partial charge in [0, 0.05) is 43.2 Å². The monoisotopic (exact) mass is 327 g/mol. The molecule has 1 aromatic heterocycles. The summed E-state index contributed by atoms with van der Waals surface area (Å²) < 4.78 is 5.97. The normalized spacial score (nSPS) is 29.2. The zero-order valence-corrected chi connectivity index (χ0v) is 14.0. The van der Waals surface area contributed by atoms with Gasteiger partial charge in [-0.3, -0.25) is 4.79 Å². The number of hydrogen-bond donors (Lipinski definition) is 1. The Morgan fingerprint density at radius 3 is 3.08 bits per heavy atom. The van der Waals surface area contributed by atoms with Crippen molar-refractivity contribution in [2.75, 3.05) is 31.6 Å². The van der Waals surface area contributed by atoms with Gasteiger partial charge in [0.25, 0.3) is 0 Å². The van der Waals surface area contributed by atoms with Crippen LogP contribution >= 0.6 is 0 Å². The summed E-state index contributed by atoms with van der Waals surface area (Å²) in [6.07, 6.45) is 8.49. The number of carbonyl (C=O) groups excluding carboxylic acids is 1. The van der Waals surface area contributed by atoms with Crippen LogP contribution in [0.4, 0.5) is 5.82 Å². The molecule has 1 aromatic rings. The number of pyridine rings is 1. The third kappa shape index (κ3) is 3.18. The number of carbonyl (C=O) groups is 1. The molecule has 1 amide bonds. The molecule has 1 N–H and O–H groups in total. The Bertz CT molecular complexity index is 616. The maximum atomic E-state index is 12.7. The number of nitrogens with zero attached hydrogens (tertiary/aromatic N) is 2. The zero-order chi connectivity index (χ0) is 16.4. The van der Waals surface area contributed by atoms with Gasteiger partial charge in [0.1, 0.15) is 5.82 Å². The Morgan fingerprint density at radius 1 is 1.33 bits per heavy atom. The van der Waals surface area contributed by atoms with Crippen LogP contribution in [0.2, 0.25) is 0 Å². The standard InChI is InChI=1S/C19H25N3O2/c23-19(14-6-2-1-3-7-14)22-11-16-15(13-24-17(16)12-22)10-21-18-8-4-5-9-20-18/h4-6,8-9,15-17H,1-3,7,10-13H2,(H,20,21)/t15-,16+,17+/m1/s1. The first-order valence-corrected chi connectivity index (χ1v) is 9.06. The molecule has 3 heterocycles. The molecule has 0 spiro atoms. The van der Waals surface area contributed by atoms with Gasteiger partial charge in [0.15, 0.2) is 0 Å². The maximum absolute atomic E-state index is 12.7. The summed E-state index contributed by atoms with van der Waals surface area (Å²) in [6, 6.07) is 5.88. The number of hydrogen-bond acceptors (Lipinski definition) is 4. The largest absolute Gasteiger partial charge is 0.376 e. The first-order valence-electron chi connectivity index (χ1n) is 9.06. The van der Waals surface area contributed by atoms with E-state index < -0.39 is 0 Å². The molecular formula is C19H25N3O2. The third-order valence-corrected chi connectivity index (χ3v) is 5.50. The highest BCUT2D eigenvalue weighted by Gasteiger charge is 2.45. The van der Waals surface area contributed by atoms with Crippen molar-refractivity contribution in [2.45, 2.75) is 31.8 Å². The molecule has 3 aliphatic rings. The second kappa shape index (κ2) is 6.93. The molecular weight excluding hydrogens is 302 g/mol. The summed E-state index contributed by atoms with van der Waals surface area (Å²) in [5.41, 5.74) is 1.02. The highest BCUT2D eigenvalue weighted by molar-refractivity contribution is 5.93. The van der Waals surface area contributed by atoms with Gasteiger partial charge in [-0.1, -0.05) is 12.1 Å². The highest BCUT2D eigenvalue weighted by Crippen LogP contribution is 2.35. The molecule has 0 unspecified atom stereocenters. The number of likely N-dealkylation sites (tertiary alicyclic amines) is 1. The molecule has 1 aliphatic carbocycles. The number of allylic oxidation sites excluding steroid dienone is 1. The second-order valence-electron chi connectivity index (χ2n) is 7.08. The number of amides is 1. The van der Waals surface area contributed by atoms with Crippen molar-refractivity contribution in [3.05, 3.63) is 36.0 Å². The van der Waals surface area contributed by atoms with Crippen molar-refractivity contribution >= 4 is 11.7 Å². The van der Waals surface area contributed by atoms with E-state index in [0.717, 1.165) is 56.9 Å². The third-order valence-electron chi connectivity index (χ3n) is 5.50. The quantitative estimate of drug-likeness (QED) is 0.923. The Hall–Kier alpha value is -1.88. The number of fused-ring (bicyclic) bond motifs is 1. The number of nitrogens with one attached hydrogen (secondary N) is 1. The van der Waals surface area contributed by atoms with Crippen LogP contribution in [0, 0.1) is 11.8 Å². The molecule has 2 aliphatic heterocycles. The van der Waals surface area contributed by atoms with E-state index in [1.54, 1.807) is 6.20 Å². The van der Waals surface area contributed by atoms with E-state index >= 15 is 0 Å². The average Bonchev–Trinajstić information content (AvgIpc) is 3.22. The van der Waals surface area contributed by atoms with Crippen LogP contribution in [-0.4, -0.2) is 48.1 Å². The topological polar surface area (TPSA) is 54.5 Å². The molecule has 2 saturated heterocycles. The molecule has 3 atom stereocenters. The SMILES string of the molecule is O=C(C1=CCCCC1)N1C[C@H]2[C@H](CNc3ccccn3)CO[C@H]2C1. The smallest absolute Gasteiger partial charge is 0.249 e. The maximum Gasteiger partial charge on any atom is 0.249 e. The van der Waals surface area contributed by atoms with Crippen LogP contribution in [0.3, 0.4) is 0 Å². The van der Waals surface area contributed by atoms with Crippen LogP contribution in [0.5, 0.6) is 0 Å². The summed E-state index contributed by atoms with van der Waals surface area (Å²) in [4.78, 5) is 19.0. The summed E-state index contributed by atoms with van der Waals surface area (Å²) in [7, 11) is 0. The number of aromatic nitrogens is 1. The van der Waals surface area contributed by atoms with Crippen molar-refractivity contribution in [3.8, 4) is 0 Å². The van der Waals surface area contributed by atoms with Gasteiger partial charge in [-0.25, -0.2) is 4.98 Å². The lowest BCUT2D eigenvalue weighted by atomic mass is 9.93. The van der Waals surface area contributed by atoms with Gasteiger partial charge in [0.2, 0.25) is 5.91 Å². The van der Waals surface area contributed by atoms with Crippen molar-refractivity contribution in [1.29, 1.82) is 0 Å². The van der Waals surface area contributed by atoms with Gasteiger partial charge in [-0.05, 0) is 37.8 Å². The predicted molar refractivity (Wildman–Crippen MR) is 92.6 cm³/mol.